The van der Waals surface area contributed by atoms with Crippen LogP contribution in [0.2, 0.25) is 0 Å². The Morgan fingerprint density at radius 1 is 1.10 bits per heavy atom. The molecule has 0 aromatic rings. The summed E-state index contributed by atoms with van der Waals surface area (Å²) in [7, 11) is 0. The molecule has 20 heavy (non-hydrogen) atoms. The van der Waals surface area contributed by atoms with Crippen LogP contribution in [0, 0.1) is 23.2 Å². The fraction of sp³-hybridized carbons (Fsp3) is 0.938. The summed E-state index contributed by atoms with van der Waals surface area (Å²) in [5.41, 5.74) is 0. The average molecular weight is 281 g/mol. The zero-order valence-electron chi connectivity index (χ0n) is 12.6. The van der Waals surface area contributed by atoms with Crippen LogP contribution in [-0.2, 0) is 14.2 Å². The molecule has 0 atom stereocenters. The molecule has 1 saturated carbocycles. The molecule has 0 unspecified atom stereocenters. The zero-order chi connectivity index (χ0) is 14.2. The number of unbranched alkanes of at least 4 members (excludes halogenated alkanes) is 2. The second kappa shape index (κ2) is 8.61. The molecule has 1 aliphatic heterocycles. The lowest BCUT2D eigenvalue weighted by molar-refractivity contribution is -0.249. The van der Waals surface area contributed by atoms with Gasteiger partial charge in [-0.05, 0) is 32.1 Å². The Balaban J connectivity index is 1.61. The van der Waals surface area contributed by atoms with Gasteiger partial charge in [0.2, 0.25) is 0 Å². The van der Waals surface area contributed by atoms with Crippen molar-refractivity contribution in [2.45, 2.75) is 64.3 Å². The lowest BCUT2D eigenvalue weighted by Crippen LogP contribution is -2.42. The first-order valence-corrected chi connectivity index (χ1v) is 8.08. The minimum atomic E-state index is -0.0786. The fourth-order valence-electron chi connectivity index (χ4n) is 2.99. The maximum Gasteiger partial charge on any atom is 0.160 e. The lowest BCUT2D eigenvalue weighted by atomic mass is 9.82. The van der Waals surface area contributed by atoms with E-state index in [0.29, 0.717) is 19.1 Å². The second-order valence-electron chi connectivity index (χ2n) is 5.98. The van der Waals surface area contributed by atoms with E-state index < -0.39 is 0 Å². The van der Waals surface area contributed by atoms with E-state index in [4.69, 9.17) is 19.5 Å². The van der Waals surface area contributed by atoms with Crippen molar-refractivity contribution in [1.29, 1.82) is 5.26 Å². The third kappa shape index (κ3) is 4.73. The Morgan fingerprint density at radius 3 is 2.40 bits per heavy atom. The summed E-state index contributed by atoms with van der Waals surface area (Å²) in [6.07, 6.45) is 7.64. The van der Waals surface area contributed by atoms with Gasteiger partial charge in [-0.15, -0.1) is 0 Å². The van der Waals surface area contributed by atoms with Crippen LogP contribution >= 0.6 is 0 Å². The van der Waals surface area contributed by atoms with Crippen molar-refractivity contribution < 1.29 is 14.2 Å². The summed E-state index contributed by atoms with van der Waals surface area (Å²) >= 11 is 0. The standard InChI is InChI=1S/C16H27NO3/c1-2-3-4-9-18-15-11-19-16(20-12-15)14-7-5-13(10-17)6-8-14/h13-16H,2-9,11-12H2,1H3/t13-,14-,15?,16?. The number of rotatable bonds is 6. The highest BCUT2D eigenvalue weighted by Crippen LogP contribution is 2.33. The molecule has 114 valence electrons. The molecule has 0 spiro atoms. The Bertz CT molecular complexity index is 299. The molecule has 0 bridgehead atoms. The predicted octanol–water partition coefficient (Wildman–Crippen LogP) is 3.26. The quantitative estimate of drug-likeness (QED) is 0.701. The van der Waals surface area contributed by atoms with E-state index in [1.807, 2.05) is 0 Å². The number of nitriles is 1. The Morgan fingerprint density at radius 2 is 1.80 bits per heavy atom. The molecule has 4 nitrogen and oxygen atoms in total. The van der Waals surface area contributed by atoms with E-state index in [2.05, 4.69) is 13.0 Å². The van der Waals surface area contributed by atoms with Crippen LogP contribution in [0.15, 0.2) is 0 Å². The van der Waals surface area contributed by atoms with E-state index >= 15 is 0 Å². The Hall–Kier alpha value is -0.630. The molecule has 2 fully saturated rings. The number of hydrogen-bond donors (Lipinski definition) is 0. The van der Waals surface area contributed by atoms with Crippen molar-refractivity contribution in [2.24, 2.45) is 11.8 Å². The summed E-state index contributed by atoms with van der Waals surface area (Å²) in [6.45, 7) is 4.30. The molecule has 1 saturated heterocycles. The molecule has 4 heteroatoms. The molecule has 1 aliphatic carbocycles. The third-order valence-electron chi connectivity index (χ3n) is 4.33. The van der Waals surface area contributed by atoms with E-state index in [9.17, 15) is 0 Å². The molecule has 0 aromatic carbocycles. The van der Waals surface area contributed by atoms with Gasteiger partial charge in [0.1, 0.15) is 6.10 Å². The van der Waals surface area contributed by atoms with Crippen molar-refractivity contribution in [2.75, 3.05) is 19.8 Å². The normalized spacial score (nSPS) is 34.6. The molecule has 0 aromatic heterocycles. The average Bonchev–Trinajstić information content (AvgIpc) is 2.52. The van der Waals surface area contributed by atoms with Crippen LogP contribution in [0.3, 0.4) is 0 Å². The van der Waals surface area contributed by atoms with Gasteiger partial charge >= 0.3 is 0 Å². The highest BCUT2D eigenvalue weighted by Gasteiger charge is 2.32. The topological polar surface area (TPSA) is 51.5 Å². The van der Waals surface area contributed by atoms with Crippen LogP contribution in [0.4, 0.5) is 0 Å². The first kappa shape index (κ1) is 15.8. The lowest BCUT2D eigenvalue weighted by Gasteiger charge is -2.36. The highest BCUT2D eigenvalue weighted by atomic mass is 16.7. The summed E-state index contributed by atoms with van der Waals surface area (Å²) in [5, 5.41) is 8.91. The first-order valence-electron chi connectivity index (χ1n) is 8.08. The largest absolute Gasteiger partial charge is 0.373 e. The minimum absolute atomic E-state index is 0.0786. The van der Waals surface area contributed by atoms with Crippen molar-refractivity contribution in [3.05, 3.63) is 0 Å². The number of hydrogen-bond acceptors (Lipinski definition) is 4. The van der Waals surface area contributed by atoms with Gasteiger partial charge in [-0.3, -0.25) is 0 Å². The van der Waals surface area contributed by atoms with Crippen LogP contribution in [0.1, 0.15) is 51.9 Å². The second-order valence-corrected chi connectivity index (χ2v) is 5.98. The van der Waals surface area contributed by atoms with Gasteiger partial charge in [0, 0.05) is 18.4 Å². The van der Waals surface area contributed by atoms with E-state index in [1.54, 1.807) is 0 Å². The van der Waals surface area contributed by atoms with Gasteiger partial charge in [-0.2, -0.15) is 5.26 Å². The maximum absolute atomic E-state index is 8.91. The van der Waals surface area contributed by atoms with Gasteiger partial charge in [0.05, 0.1) is 19.3 Å². The van der Waals surface area contributed by atoms with Crippen LogP contribution < -0.4 is 0 Å². The molecular weight excluding hydrogens is 254 g/mol. The molecule has 0 N–H and O–H groups in total. The van der Waals surface area contributed by atoms with Gasteiger partial charge in [-0.1, -0.05) is 19.8 Å². The third-order valence-corrected chi connectivity index (χ3v) is 4.33. The molecule has 1 heterocycles. The van der Waals surface area contributed by atoms with Crippen LogP contribution in [0.5, 0.6) is 0 Å². The summed E-state index contributed by atoms with van der Waals surface area (Å²) < 4.78 is 17.4. The zero-order valence-corrected chi connectivity index (χ0v) is 12.6. The minimum Gasteiger partial charge on any atom is -0.373 e. The van der Waals surface area contributed by atoms with E-state index in [1.165, 1.54) is 12.8 Å². The van der Waals surface area contributed by atoms with Crippen molar-refractivity contribution in [3.8, 4) is 6.07 Å². The molecule has 2 rings (SSSR count). The van der Waals surface area contributed by atoms with Gasteiger partial charge in [0.15, 0.2) is 6.29 Å². The smallest absolute Gasteiger partial charge is 0.160 e. The molecule has 2 aliphatic rings. The maximum atomic E-state index is 8.91. The predicted molar refractivity (Wildman–Crippen MR) is 76.0 cm³/mol. The summed E-state index contributed by atoms with van der Waals surface area (Å²) in [4.78, 5) is 0. The van der Waals surface area contributed by atoms with E-state index in [0.717, 1.165) is 38.7 Å². The van der Waals surface area contributed by atoms with Crippen molar-refractivity contribution in [1.82, 2.24) is 0 Å². The van der Waals surface area contributed by atoms with Gasteiger partial charge in [-0.25, -0.2) is 0 Å². The summed E-state index contributed by atoms with van der Waals surface area (Å²) in [5.74, 6) is 0.699. The molecular formula is C16H27NO3. The number of nitrogens with zero attached hydrogens (tertiary/aromatic N) is 1. The molecule has 0 radical (unpaired) electrons. The summed E-state index contributed by atoms with van der Waals surface area (Å²) in [6, 6.07) is 2.37. The Labute approximate surface area is 122 Å². The monoisotopic (exact) mass is 281 g/mol. The fourth-order valence-corrected chi connectivity index (χ4v) is 2.99. The first-order chi connectivity index (χ1) is 9.83. The van der Waals surface area contributed by atoms with E-state index in [-0.39, 0.29) is 18.3 Å². The SMILES string of the molecule is CCCCCOC1COC([C@H]2CC[C@H](C#N)CC2)OC1. The van der Waals surface area contributed by atoms with Crippen molar-refractivity contribution in [3.63, 3.8) is 0 Å². The van der Waals surface area contributed by atoms with Crippen LogP contribution in [0.25, 0.3) is 0 Å². The van der Waals surface area contributed by atoms with Gasteiger partial charge in [0.25, 0.3) is 0 Å². The van der Waals surface area contributed by atoms with Crippen LogP contribution in [-0.4, -0.2) is 32.2 Å². The van der Waals surface area contributed by atoms with Gasteiger partial charge < -0.3 is 14.2 Å². The molecule has 0 amide bonds. The van der Waals surface area contributed by atoms with Crippen molar-refractivity contribution >= 4 is 0 Å². The highest BCUT2D eigenvalue weighted by molar-refractivity contribution is 4.88. The number of ether oxygens (including phenoxy) is 3. The Kier molecular flexibility index (Phi) is 6.78.